The molecule has 0 spiro atoms. The second-order valence-electron chi connectivity index (χ2n) is 4.34. The highest BCUT2D eigenvalue weighted by Gasteiger charge is 2.26. The van der Waals surface area contributed by atoms with Gasteiger partial charge in [0.15, 0.2) is 0 Å². The van der Waals surface area contributed by atoms with Crippen LogP contribution in [0.5, 0.6) is 0 Å². The SMILES string of the molecule is OCC1CCC(CCC2CC2)N1. The van der Waals surface area contributed by atoms with E-state index in [0.717, 1.165) is 5.92 Å². The van der Waals surface area contributed by atoms with Crippen molar-refractivity contribution >= 4 is 0 Å². The molecule has 2 N–H and O–H groups in total. The molecule has 2 rings (SSSR count). The molecule has 2 nitrogen and oxygen atoms in total. The van der Waals surface area contributed by atoms with Crippen molar-refractivity contribution in [2.24, 2.45) is 5.92 Å². The van der Waals surface area contributed by atoms with E-state index in [1.807, 2.05) is 0 Å². The van der Waals surface area contributed by atoms with Crippen molar-refractivity contribution in [2.75, 3.05) is 6.61 Å². The molecule has 1 saturated carbocycles. The highest BCUT2D eigenvalue weighted by atomic mass is 16.3. The summed E-state index contributed by atoms with van der Waals surface area (Å²) >= 11 is 0. The van der Waals surface area contributed by atoms with E-state index in [0.29, 0.717) is 18.7 Å². The third-order valence-electron chi connectivity index (χ3n) is 3.18. The Kier molecular flexibility index (Phi) is 2.66. The van der Waals surface area contributed by atoms with Crippen molar-refractivity contribution in [3.05, 3.63) is 0 Å². The van der Waals surface area contributed by atoms with E-state index in [-0.39, 0.29) is 0 Å². The van der Waals surface area contributed by atoms with E-state index >= 15 is 0 Å². The first-order valence-electron chi connectivity index (χ1n) is 5.25. The van der Waals surface area contributed by atoms with Gasteiger partial charge in [0, 0.05) is 12.1 Å². The van der Waals surface area contributed by atoms with Gasteiger partial charge in [-0.25, -0.2) is 0 Å². The molecule has 2 heteroatoms. The zero-order valence-corrected chi connectivity index (χ0v) is 7.63. The smallest absolute Gasteiger partial charge is 0.0584 e. The van der Waals surface area contributed by atoms with E-state index < -0.39 is 0 Å². The van der Waals surface area contributed by atoms with E-state index in [1.165, 1.54) is 38.5 Å². The van der Waals surface area contributed by atoms with Gasteiger partial charge in [-0.3, -0.25) is 0 Å². The van der Waals surface area contributed by atoms with Gasteiger partial charge in [0.05, 0.1) is 6.61 Å². The maximum absolute atomic E-state index is 8.91. The van der Waals surface area contributed by atoms with Gasteiger partial charge in [0.1, 0.15) is 0 Å². The summed E-state index contributed by atoms with van der Waals surface area (Å²) in [6.07, 6.45) is 8.13. The number of aliphatic hydroxyl groups is 1. The predicted octanol–water partition coefficient (Wildman–Crippen LogP) is 1.29. The van der Waals surface area contributed by atoms with Crippen LogP contribution in [0, 0.1) is 5.92 Å². The van der Waals surface area contributed by atoms with Crippen molar-refractivity contribution < 1.29 is 5.11 Å². The van der Waals surface area contributed by atoms with Crippen LogP contribution in [0.2, 0.25) is 0 Å². The van der Waals surface area contributed by atoms with Crippen LogP contribution in [-0.2, 0) is 0 Å². The Morgan fingerprint density at radius 3 is 2.33 bits per heavy atom. The number of nitrogens with one attached hydrogen (secondary N) is 1. The van der Waals surface area contributed by atoms with Gasteiger partial charge in [0.2, 0.25) is 0 Å². The lowest BCUT2D eigenvalue weighted by Gasteiger charge is -2.11. The van der Waals surface area contributed by atoms with Crippen LogP contribution in [0.4, 0.5) is 0 Å². The average molecular weight is 169 g/mol. The Hall–Kier alpha value is -0.0800. The molecule has 70 valence electrons. The fraction of sp³-hybridized carbons (Fsp3) is 1.00. The van der Waals surface area contributed by atoms with Crippen molar-refractivity contribution in [3.63, 3.8) is 0 Å². The van der Waals surface area contributed by atoms with Crippen LogP contribution in [0.25, 0.3) is 0 Å². The Bertz CT molecular complexity index is 145. The first-order valence-corrected chi connectivity index (χ1v) is 5.25. The summed E-state index contributed by atoms with van der Waals surface area (Å²) in [4.78, 5) is 0. The molecule has 1 aliphatic heterocycles. The molecule has 0 bridgehead atoms. The number of hydrogen-bond donors (Lipinski definition) is 2. The molecule has 2 unspecified atom stereocenters. The minimum atomic E-state index is 0.319. The molecule has 1 aliphatic carbocycles. The van der Waals surface area contributed by atoms with Gasteiger partial charge in [0.25, 0.3) is 0 Å². The molecule has 0 aromatic heterocycles. The van der Waals surface area contributed by atoms with Crippen LogP contribution in [0.1, 0.15) is 38.5 Å². The van der Waals surface area contributed by atoms with Crippen molar-refractivity contribution in [1.82, 2.24) is 5.32 Å². The maximum Gasteiger partial charge on any atom is 0.0584 e. The molecule has 1 saturated heterocycles. The van der Waals surface area contributed by atoms with Gasteiger partial charge < -0.3 is 10.4 Å². The number of rotatable bonds is 4. The molecule has 2 aliphatic rings. The summed E-state index contributed by atoms with van der Waals surface area (Å²) in [7, 11) is 0. The van der Waals surface area contributed by atoms with Crippen molar-refractivity contribution in [3.8, 4) is 0 Å². The minimum absolute atomic E-state index is 0.319. The predicted molar refractivity (Wildman–Crippen MR) is 49.0 cm³/mol. The van der Waals surface area contributed by atoms with Crippen molar-refractivity contribution in [2.45, 2.75) is 50.6 Å². The zero-order chi connectivity index (χ0) is 8.39. The van der Waals surface area contributed by atoms with Gasteiger partial charge in [-0.1, -0.05) is 12.8 Å². The summed E-state index contributed by atoms with van der Waals surface area (Å²) in [5, 5.41) is 12.4. The molecule has 0 aromatic carbocycles. The Balaban J connectivity index is 1.61. The quantitative estimate of drug-likeness (QED) is 0.664. The summed E-state index contributed by atoms with van der Waals surface area (Å²) in [5.41, 5.74) is 0. The highest BCUT2D eigenvalue weighted by molar-refractivity contribution is 4.84. The topological polar surface area (TPSA) is 32.3 Å². The number of aliphatic hydroxyl groups excluding tert-OH is 1. The molecule has 12 heavy (non-hydrogen) atoms. The third kappa shape index (κ3) is 2.20. The second-order valence-corrected chi connectivity index (χ2v) is 4.34. The molecular formula is C10H19NO. The molecule has 0 aromatic rings. The fourth-order valence-corrected chi connectivity index (χ4v) is 2.12. The summed E-state index contributed by atoms with van der Waals surface area (Å²) in [6.45, 7) is 0.319. The van der Waals surface area contributed by atoms with E-state index in [4.69, 9.17) is 5.11 Å². The van der Waals surface area contributed by atoms with Crippen LogP contribution in [0.15, 0.2) is 0 Å². The summed E-state index contributed by atoms with van der Waals surface area (Å²) < 4.78 is 0. The maximum atomic E-state index is 8.91. The monoisotopic (exact) mass is 169 g/mol. The standard InChI is InChI=1S/C10H19NO/c12-7-10-6-5-9(11-10)4-3-8-1-2-8/h8-12H,1-7H2. The van der Waals surface area contributed by atoms with Gasteiger partial charge in [-0.05, 0) is 31.6 Å². The van der Waals surface area contributed by atoms with E-state index in [1.54, 1.807) is 0 Å². The lowest BCUT2D eigenvalue weighted by molar-refractivity contribution is 0.250. The summed E-state index contributed by atoms with van der Waals surface area (Å²) in [5.74, 6) is 1.06. The normalized spacial score (nSPS) is 35.8. The lowest BCUT2D eigenvalue weighted by atomic mass is 10.1. The first-order chi connectivity index (χ1) is 5.88. The third-order valence-corrected chi connectivity index (χ3v) is 3.18. The highest BCUT2D eigenvalue weighted by Crippen LogP contribution is 2.34. The lowest BCUT2D eigenvalue weighted by Crippen LogP contribution is -2.31. The fourth-order valence-electron chi connectivity index (χ4n) is 2.12. The molecule has 2 atom stereocenters. The van der Waals surface area contributed by atoms with Gasteiger partial charge >= 0.3 is 0 Å². The van der Waals surface area contributed by atoms with Crippen LogP contribution >= 0.6 is 0 Å². The molecule has 0 radical (unpaired) electrons. The van der Waals surface area contributed by atoms with E-state index in [2.05, 4.69) is 5.32 Å². The Morgan fingerprint density at radius 2 is 1.75 bits per heavy atom. The van der Waals surface area contributed by atoms with Gasteiger partial charge in [-0.15, -0.1) is 0 Å². The van der Waals surface area contributed by atoms with Crippen LogP contribution in [-0.4, -0.2) is 23.8 Å². The number of hydrogen-bond acceptors (Lipinski definition) is 2. The molecule has 0 amide bonds. The Morgan fingerprint density at radius 1 is 1.00 bits per heavy atom. The second kappa shape index (κ2) is 3.75. The van der Waals surface area contributed by atoms with Crippen molar-refractivity contribution in [1.29, 1.82) is 0 Å². The van der Waals surface area contributed by atoms with Crippen LogP contribution < -0.4 is 5.32 Å². The first kappa shape index (κ1) is 8.52. The summed E-state index contributed by atoms with van der Waals surface area (Å²) in [6, 6.07) is 1.11. The average Bonchev–Trinajstić information content (AvgIpc) is 2.81. The Labute approximate surface area is 74.4 Å². The molecular weight excluding hydrogens is 150 g/mol. The molecule has 1 heterocycles. The largest absolute Gasteiger partial charge is 0.395 e. The van der Waals surface area contributed by atoms with E-state index in [9.17, 15) is 0 Å². The van der Waals surface area contributed by atoms with Crippen LogP contribution in [0.3, 0.4) is 0 Å². The van der Waals surface area contributed by atoms with Gasteiger partial charge in [-0.2, -0.15) is 0 Å². The zero-order valence-electron chi connectivity index (χ0n) is 7.63. The molecule has 2 fully saturated rings. The minimum Gasteiger partial charge on any atom is -0.395 e.